The highest BCUT2D eigenvalue weighted by Crippen LogP contribution is 2.56. The van der Waals surface area contributed by atoms with E-state index in [0.717, 1.165) is 75.0 Å². The summed E-state index contributed by atoms with van der Waals surface area (Å²) in [5.41, 5.74) is 6.88. The Morgan fingerprint density at radius 1 is 0.739 bits per heavy atom. The van der Waals surface area contributed by atoms with Crippen molar-refractivity contribution in [2.75, 3.05) is 47.3 Å². The predicted molar refractivity (Wildman–Crippen MR) is 177 cm³/mol. The van der Waals surface area contributed by atoms with Gasteiger partial charge in [0.2, 0.25) is 5.75 Å². The van der Waals surface area contributed by atoms with Crippen LogP contribution in [0.5, 0.6) is 46.0 Å². The highest BCUT2D eigenvalue weighted by molar-refractivity contribution is 5.67. The van der Waals surface area contributed by atoms with Crippen molar-refractivity contribution in [3.63, 3.8) is 0 Å². The molecule has 0 aliphatic carbocycles. The lowest BCUT2D eigenvalue weighted by molar-refractivity contribution is 0.170. The molecule has 4 aromatic carbocycles. The maximum absolute atomic E-state index is 11.3. The quantitative estimate of drug-likeness (QED) is 0.224. The minimum absolute atomic E-state index is 0.0355. The monoisotopic (exact) mass is 619 g/mol. The zero-order valence-electron chi connectivity index (χ0n) is 26.8. The zero-order valence-corrected chi connectivity index (χ0v) is 26.8. The number of ether oxygens (including phenoxy) is 3. The van der Waals surface area contributed by atoms with Gasteiger partial charge in [-0.15, -0.1) is 0 Å². The highest BCUT2D eigenvalue weighted by Gasteiger charge is 2.37. The number of phenolic OH excluding ortho intramolecular Hbond substituents is 2. The van der Waals surface area contributed by atoms with Crippen LogP contribution >= 0.6 is 0 Å². The van der Waals surface area contributed by atoms with Gasteiger partial charge in [0.25, 0.3) is 0 Å². The summed E-state index contributed by atoms with van der Waals surface area (Å²) in [5.74, 6) is 3.76. The van der Waals surface area contributed by atoms with Gasteiger partial charge in [-0.3, -0.25) is 9.80 Å². The Bertz CT molecular complexity index is 1800. The fourth-order valence-corrected chi connectivity index (χ4v) is 7.67. The molecule has 46 heavy (non-hydrogen) atoms. The Morgan fingerprint density at radius 2 is 1.48 bits per heavy atom. The molecule has 8 heteroatoms. The predicted octanol–water partition coefficient (Wildman–Crippen LogP) is 6.97. The maximum atomic E-state index is 11.3. The van der Waals surface area contributed by atoms with E-state index < -0.39 is 0 Å². The SMILES string of the molecule is CN(C)CCCN1CCc2cc(O)c3c4c2[C@@H]1Cc1ccc(cc1)Oc1cc(ccc1O)C[C@H]1c2cc(c(cc2CCN1C)O3)O4. The van der Waals surface area contributed by atoms with Crippen LogP contribution in [-0.4, -0.2) is 72.2 Å². The van der Waals surface area contributed by atoms with Crippen LogP contribution in [0.1, 0.15) is 51.9 Å². The summed E-state index contributed by atoms with van der Waals surface area (Å²) >= 11 is 0. The first-order valence-corrected chi connectivity index (χ1v) is 16.4. The van der Waals surface area contributed by atoms with Gasteiger partial charge in [-0.1, -0.05) is 18.2 Å². The van der Waals surface area contributed by atoms with Gasteiger partial charge in [0, 0.05) is 30.7 Å². The van der Waals surface area contributed by atoms with Gasteiger partial charge >= 0.3 is 0 Å². The number of aromatic hydroxyl groups is 2. The third-order valence-electron chi connectivity index (χ3n) is 10.1. The molecule has 0 amide bonds. The summed E-state index contributed by atoms with van der Waals surface area (Å²) < 4.78 is 19.7. The minimum Gasteiger partial charge on any atom is -0.504 e. The van der Waals surface area contributed by atoms with Crippen LogP contribution in [0.3, 0.4) is 0 Å². The van der Waals surface area contributed by atoms with Gasteiger partial charge < -0.3 is 29.3 Å². The highest BCUT2D eigenvalue weighted by atomic mass is 16.6. The number of fused-ring (bicyclic) bond motifs is 2. The second-order valence-corrected chi connectivity index (χ2v) is 13.5. The number of nitrogens with zero attached hydrogens (tertiary/aromatic N) is 3. The van der Waals surface area contributed by atoms with Crippen LogP contribution in [0.2, 0.25) is 0 Å². The zero-order chi connectivity index (χ0) is 31.5. The molecule has 0 saturated carbocycles. The molecule has 238 valence electrons. The van der Waals surface area contributed by atoms with Gasteiger partial charge in [0.15, 0.2) is 34.5 Å². The number of hydrogen-bond donors (Lipinski definition) is 2. The first kappa shape index (κ1) is 29.2. The molecular formula is C38H41N3O5. The summed E-state index contributed by atoms with van der Waals surface area (Å²) in [6.45, 7) is 3.77. The largest absolute Gasteiger partial charge is 0.504 e. The van der Waals surface area contributed by atoms with Gasteiger partial charge in [-0.25, -0.2) is 0 Å². The Hall–Kier alpha value is -4.24. The fourth-order valence-electron chi connectivity index (χ4n) is 7.67. The fraction of sp³-hybridized carbons (Fsp3) is 0.368. The molecule has 8 nitrogen and oxygen atoms in total. The molecule has 9 rings (SSSR count). The van der Waals surface area contributed by atoms with E-state index in [-0.39, 0.29) is 23.6 Å². The van der Waals surface area contributed by atoms with E-state index in [2.05, 4.69) is 60.1 Å². The average Bonchev–Trinajstić information content (AvgIpc) is 3.03. The second-order valence-electron chi connectivity index (χ2n) is 13.5. The molecule has 0 fully saturated rings. The van der Waals surface area contributed by atoms with Crippen LogP contribution in [0.4, 0.5) is 0 Å². The van der Waals surface area contributed by atoms with Crippen LogP contribution in [0.15, 0.2) is 60.7 Å². The number of benzene rings is 4. The normalized spacial score (nSPS) is 20.1. The maximum Gasteiger partial charge on any atom is 0.212 e. The molecule has 0 saturated heterocycles. The van der Waals surface area contributed by atoms with Crippen molar-refractivity contribution in [3.05, 3.63) is 94.0 Å². The summed E-state index contributed by atoms with van der Waals surface area (Å²) in [6, 6.07) is 20.1. The number of likely N-dealkylation sites (N-methyl/N-ethyl adjacent to an activating group) is 1. The molecule has 0 spiro atoms. The van der Waals surface area contributed by atoms with Gasteiger partial charge in [-0.05, 0) is 137 Å². The Labute approximate surface area is 270 Å². The average molecular weight is 620 g/mol. The molecule has 2 atom stereocenters. The smallest absolute Gasteiger partial charge is 0.212 e. The van der Waals surface area contributed by atoms with Crippen molar-refractivity contribution in [1.29, 1.82) is 0 Å². The molecule has 0 aromatic heterocycles. The topological polar surface area (TPSA) is 77.9 Å². The lowest BCUT2D eigenvalue weighted by atomic mass is 9.86. The molecule has 7 bridgehead atoms. The van der Waals surface area contributed by atoms with Crippen molar-refractivity contribution in [1.82, 2.24) is 14.7 Å². The van der Waals surface area contributed by atoms with E-state index in [1.807, 2.05) is 30.3 Å². The summed E-state index contributed by atoms with van der Waals surface area (Å²) in [5, 5.41) is 22.0. The Balaban J connectivity index is 1.29. The van der Waals surface area contributed by atoms with E-state index in [1.54, 1.807) is 6.07 Å². The molecule has 5 aliphatic heterocycles. The van der Waals surface area contributed by atoms with Crippen LogP contribution in [0, 0.1) is 0 Å². The molecule has 5 aliphatic rings. The molecular weight excluding hydrogens is 578 g/mol. The minimum atomic E-state index is 0.0355. The van der Waals surface area contributed by atoms with E-state index in [0.29, 0.717) is 34.5 Å². The van der Waals surface area contributed by atoms with Crippen LogP contribution in [0.25, 0.3) is 0 Å². The Kier molecular flexibility index (Phi) is 7.31. The van der Waals surface area contributed by atoms with Crippen molar-refractivity contribution < 1.29 is 24.4 Å². The van der Waals surface area contributed by atoms with Crippen LogP contribution < -0.4 is 14.2 Å². The lowest BCUT2D eigenvalue weighted by Crippen LogP contribution is -2.38. The first-order valence-electron chi connectivity index (χ1n) is 16.4. The van der Waals surface area contributed by atoms with Crippen molar-refractivity contribution >= 4 is 0 Å². The lowest BCUT2D eigenvalue weighted by Gasteiger charge is -2.40. The summed E-state index contributed by atoms with van der Waals surface area (Å²) in [7, 11) is 6.39. The van der Waals surface area contributed by atoms with E-state index in [1.165, 1.54) is 16.7 Å². The summed E-state index contributed by atoms with van der Waals surface area (Å²) in [4.78, 5) is 7.17. The standard InChI is InChI=1S/C38H41N3O5/c1-39(2)13-4-14-41-16-12-26-20-32(43)37-38-36(26)30(41)17-23-5-8-27(9-6-23)44-33-19-24(7-10-31(33)42)18-29-28-22-35(46-38)34(45-37)21-25(28)11-15-40(29)3/h5-10,19-22,29-30,42-43H,4,11-18H2,1-3H3/t29-,30-/m0/s1. The third kappa shape index (κ3) is 5.24. The van der Waals surface area contributed by atoms with E-state index in [9.17, 15) is 10.2 Å². The van der Waals surface area contributed by atoms with Crippen molar-refractivity contribution in [3.8, 4) is 46.0 Å². The van der Waals surface area contributed by atoms with Gasteiger partial charge in [0.05, 0.1) is 0 Å². The second kappa shape index (κ2) is 11.5. The van der Waals surface area contributed by atoms with Crippen LogP contribution in [-0.2, 0) is 25.7 Å². The van der Waals surface area contributed by atoms with Gasteiger partial charge in [0.1, 0.15) is 5.75 Å². The summed E-state index contributed by atoms with van der Waals surface area (Å²) in [6.07, 6.45) is 4.28. The van der Waals surface area contributed by atoms with Crippen molar-refractivity contribution in [2.45, 2.75) is 44.2 Å². The molecule has 4 aromatic rings. The number of phenols is 2. The third-order valence-corrected chi connectivity index (χ3v) is 10.1. The molecule has 0 radical (unpaired) electrons. The molecule has 0 unspecified atom stereocenters. The number of hydrogen-bond acceptors (Lipinski definition) is 8. The molecule has 2 N–H and O–H groups in total. The first-order chi connectivity index (χ1) is 22.3. The molecule has 5 heterocycles. The van der Waals surface area contributed by atoms with Crippen molar-refractivity contribution in [2.24, 2.45) is 0 Å². The number of rotatable bonds is 4. The Morgan fingerprint density at radius 3 is 2.30 bits per heavy atom. The van der Waals surface area contributed by atoms with E-state index >= 15 is 0 Å². The van der Waals surface area contributed by atoms with Gasteiger partial charge in [-0.2, -0.15) is 0 Å². The van der Waals surface area contributed by atoms with E-state index in [4.69, 9.17) is 14.2 Å².